The van der Waals surface area contributed by atoms with Gasteiger partial charge < -0.3 is 20.1 Å². The number of fused-ring (bicyclic) bond motifs is 1. The van der Waals surface area contributed by atoms with E-state index in [0.29, 0.717) is 40.2 Å². The molecule has 1 atom stereocenters. The lowest BCUT2D eigenvalue weighted by atomic mass is 10.1. The number of carbonyl (C=O) groups excluding carboxylic acids is 4. The lowest BCUT2D eigenvalue weighted by Gasteiger charge is -2.20. The second kappa shape index (κ2) is 8.34. The average molecular weight is 455 g/mol. The number of halogens is 1. The molecule has 1 saturated heterocycles. The number of likely N-dealkylation sites (tertiary alicyclic amines) is 1. The standard InChI is InChI=1S/C23H26FN5O4/c1-12-17(11-29-18-6-5-15(24)9-14(18)10-19(29)30)25-13(2)20(12)21(31)26-16-7-8-28(22(16)32)23(33)27(3)4/h5-6,9,16,25H,7-8,10-11H2,1-4H3,(H,26,31)/t16-/m0/s1. The van der Waals surface area contributed by atoms with E-state index in [-0.39, 0.29) is 31.2 Å². The molecule has 10 heteroatoms. The fraction of sp³-hybridized carbons (Fsp3) is 0.391. The number of H-pyrrole nitrogens is 1. The third kappa shape index (κ3) is 3.96. The number of hydrogen-bond acceptors (Lipinski definition) is 4. The smallest absolute Gasteiger partial charge is 0.326 e. The Morgan fingerprint density at radius 2 is 1.97 bits per heavy atom. The molecule has 174 valence electrons. The van der Waals surface area contributed by atoms with Crippen LogP contribution in [0.4, 0.5) is 14.9 Å². The summed E-state index contributed by atoms with van der Waals surface area (Å²) in [7, 11) is 3.13. The third-order valence-corrected chi connectivity index (χ3v) is 6.18. The van der Waals surface area contributed by atoms with Gasteiger partial charge in [0.15, 0.2) is 0 Å². The summed E-state index contributed by atoms with van der Waals surface area (Å²) < 4.78 is 13.5. The van der Waals surface area contributed by atoms with Crippen LogP contribution in [0.25, 0.3) is 0 Å². The van der Waals surface area contributed by atoms with Crippen LogP contribution in [0.2, 0.25) is 0 Å². The molecule has 33 heavy (non-hydrogen) atoms. The predicted octanol–water partition coefficient (Wildman–Crippen LogP) is 1.87. The molecule has 0 bridgehead atoms. The van der Waals surface area contributed by atoms with Crippen molar-refractivity contribution in [1.29, 1.82) is 0 Å². The molecule has 0 unspecified atom stereocenters. The Hall–Kier alpha value is -3.69. The molecular weight excluding hydrogens is 429 g/mol. The first-order valence-corrected chi connectivity index (χ1v) is 10.7. The fourth-order valence-corrected chi connectivity index (χ4v) is 4.47. The minimum Gasteiger partial charge on any atom is -0.360 e. The molecular formula is C23H26FN5O4. The number of hydrogen-bond donors (Lipinski definition) is 2. The Balaban J connectivity index is 1.51. The lowest BCUT2D eigenvalue weighted by molar-refractivity contribution is -0.127. The Kier molecular flexibility index (Phi) is 5.69. The highest BCUT2D eigenvalue weighted by molar-refractivity contribution is 6.04. The van der Waals surface area contributed by atoms with Crippen LogP contribution in [-0.4, -0.2) is 65.2 Å². The Morgan fingerprint density at radius 1 is 1.24 bits per heavy atom. The monoisotopic (exact) mass is 455 g/mol. The highest BCUT2D eigenvalue weighted by atomic mass is 19.1. The maximum atomic E-state index is 13.5. The van der Waals surface area contributed by atoms with E-state index >= 15 is 0 Å². The van der Waals surface area contributed by atoms with Crippen molar-refractivity contribution in [3.8, 4) is 0 Å². The second-order valence-corrected chi connectivity index (χ2v) is 8.64. The molecule has 1 aromatic heterocycles. The van der Waals surface area contributed by atoms with Crippen LogP contribution in [0.1, 0.15) is 39.3 Å². The van der Waals surface area contributed by atoms with Gasteiger partial charge >= 0.3 is 6.03 Å². The highest BCUT2D eigenvalue weighted by Gasteiger charge is 2.38. The molecule has 0 aliphatic carbocycles. The summed E-state index contributed by atoms with van der Waals surface area (Å²) in [6.07, 6.45) is 0.473. The van der Waals surface area contributed by atoms with E-state index in [4.69, 9.17) is 0 Å². The zero-order chi connectivity index (χ0) is 24.0. The molecule has 5 amide bonds. The summed E-state index contributed by atoms with van der Waals surface area (Å²) in [6, 6.07) is 3.07. The van der Waals surface area contributed by atoms with E-state index in [1.54, 1.807) is 38.9 Å². The number of benzene rings is 1. The van der Waals surface area contributed by atoms with Crippen LogP contribution < -0.4 is 10.2 Å². The van der Waals surface area contributed by atoms with Crippen molar-refractivity contribution in [2.45, 2.75) is 39.3 Å². The summed E-state index contributed by atoms with van der Waals surface area (Å²) in [6.45, 7) is 3.98. The van der Waals surface area contributed by atoms with Crippen molar-refractivity contribution in [3.05, 3.63) is 52.1 Å². The minimum absolute atomic E-state index is 0.130. The number of carbonyl (C=O) groups is 4. The number of amides is 5. The average Bonchev–Trinajstić information content (AvgIpc) is 3.35. The number of nitrogens with zero attached hydrogens (tertiary/aromatic N) is 3. The van der Waals surface area contributed by atoms with Gasteiger partial charge in [-0.1, -0.05) is 0 Å². The van der Waals surface area contributed by atoms with Gasteiger partial charge in [-0.2, -0.15) is 0 Å². The van der Waals surface area contributed by atoms with Gasteiger partial charge in [-0.05, 0) is 49.6 Å². The number of nitrogens with one attached hydrogen (secondary N) is 2. The first-order chi connectivity index (χ1) is 15.6. The molecule has 2 N–H and O–H groups in total. The summed E-state index contributed by atoms with van der Waals surface area (Å²) in [5, 5.41) is 2.74. The van der Waals surface area contributed by atoms with Gasteiger partial charge in [0.2, 0.25) is 5.91 Å². The predicted molar refractivity (Wildman–Crippen MR) is 118 cm³/mol. The van der Waals surface area contributed by atoms with Crippen LogP contribution in [-0.2, 0) is 22.6 Å². The van der Waals surface area contributed by atoms with Gasteiger partial charge in [-0.25, -0.2) is 9.18 Å². The molecule has 0 saturated carbocycles. The van der Waals surface area contributed by atoms with Crippen molar-refractivity contribution >= 4 is 29.4 Å². The first-order valence-electron chi connectivity index (χ1n) is 10.7. The van der Waals surface area contributed by atoms with Gasteiger partial charge in [0.25, 0.3) is 11.8 Å². The minimum atomic E-state index is -0.777. The second-order valence-electron chi connectivity index (χ2n) is 8.64. The molecule has 0 radical (unpaired) electrons. The summed E-state index contributed by atoms with van der Waals surface area (Å²) in [5.41, 5.74) is 3.65. The molecule has 3 heterocycles. The molecule has 9 nitrogen and oxygen atoms in total. The van der Waals surface area contributed by atoms with Crippen molar-refractivity contribution in [2.24, 2.45) is 0 Å². The van der Waals surface area contributed by atoms with Crippen molar-refractivity contribution in [1.82, 2.24) is 20.1 Å². The summed E-state index contributed by atoms with van der Waals surface area (Å²) in [5.74, 6) is -1.38. The molecule has 4 rings (SSSR count). The van der Waals surface area contributed by atoms with E-state index in [1.807, 2.05) is 0 Å². The van der Waals surface area contributed by atoms with Gasteiger partial charge in [-0.15, -0.1) is 0 Å². The van der Waals surface area contributed by atoms with Gasteiger partial charge in [-0.3, -0.25) is 19.3 Å². The quantitative estimate of drug-likeness (QED) is 0.734. The van der Waals surface area contributed by atoms with Crippen LogP contribution >= 0.6 is 0 Å². The Morgan fingerprint density at radius 3 is 2.67 bits per heavy atom. The molecule has 2 aromatic rings. The van der Waals surface area contributed by atoms with Crippen LogP contribution in [0.3, 0.4) is 0 Å². The van der Waals surface area contributed by atoms with Gasteiger partial charge in [0.05, 0.1) is 18.5 Å². The third-order valence-electron chi connectivity index (χ3n) is 6.18. The van der Waals surface area contributed by atoms with Crippen molar-refractivity contribution in [3.63, 3.8) is 0 Å². The molecule has 1 fully saturated rings. The number of imide groups is 1. The molecule has 1 aromatic carbocycles. The zero-order valence-electron chi connectivity index (χ0n) is 19.0. The number of aryl methyl sites for hydroxylation is 1. The van der Waals surface area contributed by atoms with E-state index in [2.05, 4.69) is 10.3 Å². The molecule has 0 spiro atoms. The van der Waals surface area contributed by atoms with Crippen molar-refractivity contribution < 1.29 is 23.6 Å². The molecule has 2 aliphatic rings. The Labute approximate surface area is 190 Å². The number of anilines is 1. The van der Waals surface area contributed by atoms with E-state index in [0.717, 1.165) is 4.90 Å². The van der Waals surface area contributed by atoms with E-state index in [1.165, 1.54) is 17.0 Å². The maximum absolute atomic E-state index is 13.5. The largest absolute Gasteiger partial charge is 0.360 e. The van der Waals surface area contributed by atoms with Crippen LogP contribution in [0.15, 0.2) is 18.2 Å². The Bertz CT molecular complexity index is 1170. The van der Waals surface area contributed by atoms with E-state index in [9.17, 15) is 23.6 Å². The number of rotatable bonds is 4. The molecule has 2 aliphatic heterocycles. The lowest BCUT2D eigenvalue weighted by Crippen LogP contribution is -2.46. The number of aromatic amines is 1. The zero-order valence-corrected chi connectivity index (χ0v) is 19.0. The topological polar surface area (TPSA) is 106 Å². The van der Waals surface area contributed by atoms with Crippen LogP contribution in [0, 0.1) is 19.7 Å². The maximum Gasteiger partial charge on any atom is 0.326 e. The van der Waals surface area contributed by atoms with E-state index < -0.39 is 23.9 Å². The first kappa shape index (κ1) is 22.5. The highest BCUT2D eigenvalue weighted by Crippen LogP contribution is 2.32. The normalized spacial score (nSPS) is 17.5. The SMILES string of the molecule is Cc1[nH]c(CN2C(=O)Cc3cc(F)ccc32)c(C)c1C(=O)N[C@H]1CCN(C(=O)N(C)C)C1=O. The fourth-order valence-electron chi connectivity index (χ4n) is 4.47. The number of aromatic nitrogens is 1. The van der Waals surface area contributed by atoms with Gasteiger partial charge in [0.1, 0.15) is 11.9 Å². The summed E-state index contributed by atoms with van der Waals surface area (Å²) in [4.78, 5) is 57.5. The number of urea groups is 1. The van der Waals surface area contributed by atoms with Crippen molar-refractivity contribution in [2.75, 3.05) is 25.5 Å². The van der Waals surface area contributed by atoms with Gasteiger partial charge in [0, 0.05) is 37.7 Å². The van der Waals surface area contributed by atoms with Crippen LogP contribution in [0.5, 0.6) is 0 Å². The summed E-state index contributed by atoms with van der Waals surface area (Å²) >= 11 is 0.